The maximum atomic E-state index is 13.6. The van der Waals surface area contributed by atoms with Crippen LogP contribution in [0.4, 0.5) is 24.7 Å². The highest BCUT2D eigenvalue weighted by atomic mass is 32.1. The molecule has 1 saturated heterocycles. The van der Waals surface area contributed by atoms with Crippen molar-refractivity contribution in [1.29, 1.82) is 0 Å². The number of halogens is 3. The number of nitrogens with one attached hydrogen (secondary N) is 3. The van der Waals surface area contributed by atoms with E-state index in [1.807, 2.05) is 12.1 Å². The molecule has 2 aromatic carbocycles. The second-order valence-corrected chi connectivity index (χ2v) is 11.1. The molecule has 2 amide bonds. The van der Waals surface area contributed by atoms with E-state index in [1.165, 1.54) is 29.5 Å². The zero-order chi connectivity index (χ0) is 30.7. The zero-order valence-corrected chi connectivity index (χ0v) is 24.1. The summed E-state index contributed by atoms with van der Waals surface area (Å²) in [5, 5.41) is 15.5. The average Bonchev–Trinajstić information content (AvgIpc) is 3.66. The van der Waals surface area contributed by atoms with Gasteiger partial charge in [0, 0.05) is 52.8 Å². The van der Waals surface area contributed by atoms with Gasteiger partial charge in [0.05, 0.1) is 5.52 Å². The van der Waals surface area contributed by atoms with Gasteiger partial charge >= 0.3 is 12.1 Å². The molecule has 14 heteroatoms. The number of carbonyl (C=O) groups excluding carboxylic acids is 3. The first-order chi connectivity index (χ1) is 20.5. The second kappa shape index (κ2) is 12.4. The van der Waals surface area contributed by atoms with E-state index in [-0.39, 0.29) is 17.8 Å². The van der Waals surface area contributed by atoms with Crippen molar-refractivity contribution in [3.8, 4) is 0 Å². The van der Waals surface area contributed by atoms with Gasteiger partial charge in [0.25, 0.3) is 11.8 Å². The zero-order valence-electron chi connectivity index (χ0n) is 23.3. The number of carbonyl (C=O) groups is 3. The Balaban J connectivity index is 1.38. The number of hydrogen-bond donors (Lipinski definition) is 3. The largest absolute Gasteiger partial charge is 0.493 e. The van der Waals surface area contributed by atoms with Crippen molar-refractivity contribution in [2.45, 2.75) is 38.5 Å². The fourth-order valence-electron chi connectivity index (χ4n) is 4.89. The summed E-state index contributed by atoms with van der Waals surface area (Å²) in [7, 11) is 0. The Morgan fingerprint density at radius 1 is 1.16 bits per heavy atom. The number of fused-ring (bicyclic) bond motifs is 1. The molecule has 3 heterocycles. The summed E-state index contributed by atoms with van der Waals surface area (Å²) in [6.45, 7) is 6.35. The number of thiophene rings is 1. The van der Waals surface area contributed by atoms with Crippen molar-refractivity contribution in [3.63, 3.8) is 0 Å². The van der Waals surface area contributed by atoms with Crippen LogP contribution in [0.25, 0.3) is 10.9 Å². The van der Waals surface area contributed by atoms with E-state index in [0.29, 0.717) is 32.4 Å². The summed E-state index contributed by atoms with van der Waals surface area (Å²) in [4.78, 5) is 45.9. The lowest BCUT2D eigenvalue weighted by Gasteiger charge is -2.33. The number of H-pyrrole nitrogens is 1. The molecule has 43 heavy (non-hydrogen) atoms. The fourth-order valence-corrected chi connectivity index (χ4v) is 5.78. The lowest BCUT2D eigenvalue weighted by Crippen LogP contribution is -2.49. The van der Waals surface area contributed by atoms with E-state index in [0.717, 1.165) is 25.3 Å². The third kappa shape index (κ3) is 6.65. The molecule has 3 N–H and O–H groups in total. The molecule has 0 aliphatic carbocycles. The van der Waals surface area contributed by atoms with Crippen LogP contribution in [0.2, 0.25) is 0 Å². The minimum Gasteiger partial charge on any atom is -0.369 e. The van der Waals surface area contributed by atoms with Gasteiger partial charge in [-0.3, -0.25) is 14.7 Å². The van der Waals surface area contributed by atoms with Gasteiger partial charge < -0.3 is 20.4 Å². The molecule has 2 atom stereocenters. The van der Waals surface area contributed by atoms with Crippen molar-refractivity contribution in [2.24, 2.45) is 0 Å². The van der Waals surface area contributed by atoms with Gasteiger partial charge in [-0.15, -0.1) is 11.3 Å². The number of hydrogen-bond acceptors (Lipinski definition) is 8. The number of piperazine rings is 1. The summed E-state index contributed by atoms with van der Waals surface area (Å²) in [6, 6.07) is 14.2. The average molecular weight is 615 g/mol. The van der Waals surface area contributed by atoms with E-state index in [4.69, 9.17) is 0 Å². The number of benzene rings is 2. The van der Waals surface area contributed by atoms with Crippen LogP contribution in [-0.4, -0.2) is 64.9 Å². The SMILES string of the molecule is CCC(c1cccs1)N(OC(=O)C(F)(F)F)C(=O)c1ccc2[nH]nc(NC(=O)c3ccc(N4CCN[C@H](C)C4)cc3)c2c1. The fraction of sp³-hybridized carbons (Fsp3) is 0.310. The summed E-state index contributed by atoms with van der Waals surface area (Å²) in [5.41, 5.74) is 1.80. The number of aromatic nitrogens is 2. The Morgan fingerprint density at radius 2 is 1.91 bits per heavy atom. The molecule has 0 bridgehead atoms. The van der Waals surface area contributed by atoms with Crippen LogP contribution in [0.15, 0.2) is 60.0 Å². The normalized spacial score (nSPS) is 16.1. The quantitative estimate of drug-likeness (QED) is 0.242. The third-order valence-electron chi connectivity index (χ3n) is 7.06. The van der Waals surface area contributed by atoms with E-state index in [1.54, 1.807) is 36.6 Å². The van der Waals surface area contributed by atoms with Crippen LogP contribution in [-0.2, 0) is 9.63 Å². The number of anilines is 2. The van der Waals surface area contributed by atoms with Gasteiger partial charge in [0.1, 0.15) is 6.04 Å². The standard InChI is InChI=1S/C29H29F3N6O4S/c1-3-23(24-5-4-14-43-24)38(42-28(41)29(30,31)32)27(40)19-8-11-22-21(15-19)25(36-35-22)34-26(39)18-6-9-20(10-7-18)37-13-12-33-17(2)16-37/h4-11,14-15,17,23,33H,3,12-13,16H2,1-2H3,(H2,34,35,36,39)/t17-,23?/m1/s1. The molecule has 1 aliphatic heterocycles. The maximum Gasteiger partial charge on any atom is 0.493 e. The first-order valence-electron chi connectivity index (χ1n) is 13.6. The molecule has 5 rings (SSSR count). The molecular weight excluding hydrogens is 585 g/mol. The Kier molecular flexibility index (Phi) is 8.69. The summed E-state index contributed by atoms with van der Waals surface area (Å²) in [5.74, 6) is -3.78. The Bertz CT molecular complexity index is 1610. The van der Waals surface area contributed by atoms with Crippen LogP contribution in [0, 0.1) is 0 Å². The van der Waals surface area contributed by atoms with Gasteiger partial charge in [-0.05, 0) is 67.3 Å². The Labute approximate surface area is 248 Å². The highest BCUT2D eigenvalue weighted by molar-refractivity contribution is 7.10. The van der Waals surface area contributed by atoms with Crippen molar-refractivity contribution < 1.29 is 32.4 Å². The van der Waals surface area contributed by atoms with Crippen molar-refractivity contribution in [2.75, 3.05) is 29.9 Å². The van der Waals surface area contributed by atoms with E-state index < -0.39 is 30.0 Å². The van der Waals surface area contributed by atoms with Crippen LogP contribution >= 0.6 is 11.3 Å². The molecule has 10 nitrogen and oxygen atoms in total. The highest BCUT2D eigenvalue weighted by Gasteiger charge is 2.45. The van der Waals surface area contributed by atoms with Crippen molar-refractivity contribution in [3.05, 3.63) is 76.0 Å². The molecule has 0 spiro atoms. The smallest absolute Gasteiger partial charge is 0.369 e. The number of rotatable bonds is 7. The van der Waals surface area contributed by atoms with Crippen molar-refractivity contribution in [1.82, 2.24) is 20.6 Å². The monoisotopic (exact) mass is 614 g/mol. The Hall–Kier alpha value is -4.43. The molecule has 0 saturated carbocycles. The predicted octanol–water partition coefficient (Wildman–Crippen LogP) is 5.29. The van der Waals surface area contributed by atoms with Gasteiger partial charge in [-0.1, -0.05) is 13.0 Å². The predicted molar refractivity (Wildman–Crippen MR) is 156 cm³/mol. The van der Waals surface area contributed by atoms with Crippen LogP contribution in [0.5, 0.6) is 0 Å². The Morgan fingerprint density at radius 3 is 2.56 bits per heavy atom. The third-order valence-corrected chi connectivity index (χ3v) is 8.03. The molecule has 1 aliphatic rings. The summed E-state index contributed by atoms with van der Waals surface area (Å²) < 4.78 is 39.4. The van der Waals surface area contributed by atoms with E-state index >= 15 is 0 Å². The van der Waals surface area contributed by atoms with Crippen LogP contribution < -0.4 is 15.5 Å². The number of hydroxylamine groups is 2. The number of alkyl halides is 3. The number of amides is 2. The first-order valence-corrected chi connectivity index (χ1v) is 14.5. The van der Waals surface area contributed by atoms with Gasteiger partial charge in [-0.2, -0.15) is 23.3 Å². The molecule has 0 radical (unpaired) electrons. The molecule has 1 fully saturated rings. The molecule has 4 aromatic rings. The molecule has 2 aromatic heterocycles. The number of nitrogens with zero attached hydrogens (tertiary/aromatic N) is 3. The van der Waals surface area contributed by atoms with Crippen LogP contribution in [0.1, 0.15) is 51.9 Å². The lowest BCUT2D eigenvalue weighted by molar-refractivity contribution is -0.234. The summed E-state index contributed by atoms with van der Waals surface area (Å²) >= 11 is 1.22. The second-order valence-electron chi connectivity index (χ2n) is 10.1. The molecule has 226 valence electrons. The lowest BCUT2D eigenvalue weighted by atomic mass is 10.1. The maximum absolute atomic E-state index is 13.6. The molecule has 1 unspecified atom stereocenters. The van der Waals surface area contributed by atoms with Crippen LogP contribution in [0.3, 0.4) is 0 Å². The summed E-state index contributed by atoms with van der Waals surface area (Å²) in [6.07, 6.45) is -5.13. The number of aromatic amines is 1. The minimum absolute atomic E-state index is 0.0658. The first kappa shape index (κ1) is 30.0. The van der Waals surface area contributed by atoms with Crippen molar-refractivity contribution >= 4 is 51.5 Å². The van der Waals surface area contributed by atoms with E-state index in [2.05, 4.69) is 37.5 Å². The van der Waals surface area contributed by atoms with Gasteiger partial charge in [0.2, 0.25) is 0 Å². The topological polar surface area (TPSA) is 120 Å². The highest BCUT2D eigenvalue weighted by Crippen LogP contribution is 2.32. The van der Waals surface area contributed by atoms with Gasteiger partial charge in [-0.25, -0.2) is 4.79 Å². The molecular formula is C29H29F3N6O4S. The minimum atomic E-state index is -5.31. The van der Waals surface area contributed by atoms with Gasteiger partial charge in [0.15, 0.2) is 5.82 Å². The van der Waals surface area contributed by atoms with E-state index in [9.17, 15) is 27.6 Å².